The molecular formula is C11H16ClN3. The summed E-state index contributed by atoms with van der Waals surface area (Å²) < 4.78 is 0. The average molecular weight is 226 g/mol. The summed E-state index contributed by atoms with van der Waals surface area (Å²) in [5.74, 6) is 1.99. The zero-order chi connectivity index (χ0) is 11.0. The van der Waals surface area contributed by atoms with Gasteiger partial charge in [0.05, 0.1) is 0 Å². The van der Waals surface area contributed by atoms with Crippen molar-refractivity contribution in [3.05, 3.63) is 17.0 Å². The van der Waals surface area contributed by atoms with Crippen molar-refractivity contribution >= 4 is 17.4 Å². The zero-order valence-corrected chi connectivity index (χ0v) is 10.0. The molecule has 2 rings (SSSR count). The van der Waals surface area contributed by atoms with E-state index in [9.17, 15) is 0 Å². The highest BCUT2D eigenvalue weighted by Gasteiger charge is 2.33. The van der Waals surface area contributed by atoms with E-state index in [1.54, 1.807) is 0 Å². The Bertz CT molecular complexity index is 365. The maximum absolute atomic E-state index is 6.07. The van der Waals surface area contributed by atoms with Gasteiger partial charge in [0.1, 0.15) is 17.3 Å². The SMILES string of the molecule is CC(C)c1c(Cl)ncnc1NC1CC1C. The van der Waals surface area contributed by atoms with Crippen LogP contribution in [0.15, 0.2) is 6.33 Å². The molecule has 1 aromatic rings. The Kier molecular flexibility index (Phi) is 2.83. The van der Waals surface area contributed by atoms with Crippen LogP contribution in [-0.2, 0) is 0 Å². The lowest BCUT2D eigenvalue weighted by Crippen LogP contribution is -2.10. The number of anilines is 1. The summed E-state index contributed by atoms with van der Waals surface area (Å²) in [5.41, 5.74) is 1.03. The average Bonchev–Trinajstić information content (AvgIpc) is 2.81. The summed E-state index contributed by atoms with van der Waals surface area (Å²) >= 11 is 6.07. The number of nitrogens with one attached hydrogen (secondary N) is 1. The van der Waals surface area contributed by atoms with E-state index in [0.29, 0.717) is 17.1 Å². The van der Waals surface area contributed by atoms with Gasteiger partial charge in [0.2, 0.25) is 0 Å². The molecule has 82 valence electrons. The van der Waals surface area contributed by atoms with E-state index in [0.717, 1.165) is 17.3 Å². The van der Waals surface area contributed by atoms with Crippen LogP contribution in [0.2, 0.25) is 5.15 Å². The van der Waals surface area contributed by atoms with Crippen molar-refractivity contribution < 1.29 is 0 Å². The molecule has 4 heteroatoms. The summed E-state index contributed by atoms with van der Waals surface area (Å²) in [4.78, 5) is 8.29. The minimum absolute atomic E-state index is 0.343. The third-order valence-corrected chi connectivity index (χ3v) is 3.15. The predicted octanol–water partition coefficient (Wildman–Crippen LogP) is 3.07. The second kappa shape index (κ2) is 3.97. The van der Waals surface area contributed by atoms with Gasteiger partial charge in [-0.05, 0) is 18.3 Å². The molecule has 15 heavy (non-hydrogen) atoms. The number of nitrogens with zero attached hydrogens (tertiary/aromatic N) is 2. The fourth-order valence-corrected chi connectivity index (χ4v) is 2.05. The molecule has 0 aliphatic heterocycles. The summed E-state index contributed by atoms with van der Waals surface area (Å²) in [6, 6.07) is 0.563. The summed E-state index contributed by atoms with van der Waals surface area (Å²) in [6.45, 7) is 6.44. The lowest BCUT2D eigenvalue weighted by molar-refractivity contribution is 0.838. The van der Waals surface area contributed by atoms with Gasteiger partial charge in [0.15, 0.2) is 0 Å². The first-order valence-electron chi connectivity index (χ1n) is 5.36. The summed E-state index contributed by atoms with van der Waals surface area (Å²) in [7, 11) is 0. The van der Waals surface area contributed by atoms with Crippen molar-refractivity contribution in [3.8, 4) is 0 Å². The van der Waals surface area contributed by atoms with Gasteiger partial charge < -0.3 is 5.32 Å². The van der Waals surface area contributed by atoms with Gasteiger partial charge in [-0.1, -0.05) is 32.4 Å². The molecular weight excluding hydrogens is 210 g/mol. The van der Waals surface area contributed by atoms with Crippen molar-refractivity contribution in [1.82, 2.24) is 9.97 Å². The first-order chi connectivity index (χ1) is 7.09. The lowest BCUT2D eigenvalue weighted by Gasteiger charge is -2.13. The number of hydrogen-bond acceptors (Lipinski definition) is 3. The summed E-state index contributed by atoms with van der Waals surface area (Å²) in [5, 5.41) is 3.99. The molecule has 1 heterocycles. The van der Waals surface area contributed by atoms with Gasteiger partial charge >= 0.3 is 0 Å². The van der Waals surface area contributed by atoms with Crippen LogP contribution in [0.3, 0.4) is 0 Å². The molecule has 1 N–H and O–H groups in total. The molecule has 0 spiro atoms. The smallest absolute Gasteiger partial charge is 0.138 e. The normalized spacial score (nSPS) is 24.3. The van der Waals surface area contributed by atoms with Gasteiger partial charge in [-0.2, -0.15) is 0 Å². The van der Waals surface area contributed by atoms with Gasteiger partial charge in [-0.15, -0.1) is 0 Å². The van der Waals surface area contributed by atoms with Crippen LogP contribution in [-0.4, -0.2) is 16.0 Å². The molecule has 0 saturated heterocycles. The summed E-state index contributed by atoms with van der Waals surface area (Å²) in [6.07, 6.45) is 2.74. The minimum atomic E-state index is 0.343. The molecule has 1 aliphatic rings. The van der Waals surface area contributed by atoms with Gasteiger partial charge in [-0.3, -0.25) is 0 Å². The van der Waals surface area contributed by atoms with E-state index in [1.165, 1.54) is 12.7 Å². The highest BCUT2D eigenvalue weighted by atomic mass is 35.5. The highest BCUT2D eigenvalue weighted by Crippen LogP contribution is 2.35. The Hall–Kier alpha value is -0.830. The molecule has 0 amide bonds. The topological polar surface area (TPSA) is 37.8 Å². The Balaban J connectivity index is 2.25. The fourth-order valence-electron chi connectivity index (χ4n) is 1.70. The lowest BCUT2D eigenvalue weighted by atomic mass is 10.1. The molecule has 2 atom stereocenters. The van der Waals surface area contributed by atoms with E-state index in [1.807, 2.05) is 0 Å². The van der Waals surface area contributed by atoms with Gasteiger partial charge in [0.25, 0.3) is 0 Å². The van der Waals surface area contributed by atoms with Crippen molar-refractivity contribution in [2.75, 3.05) is 5.32 Å². The van der Waals surface area contributed by atoms with E-state index >= 15 is 0 Å². The Morgan fingerprint density at radius 2 is 2.13 bits per heavy atom. The molecule has 1 aromatic heterocycles. The Morgan fingerprint density at radius 3 is 2.67 bits per heavy atom. The molecule has 0 bridgehead atoms. The Labute approximate surface area is 95.3 Å². The quantitative estimate of drug-likeness (QED) is 0.804. The Morgan fingerprint density at radius 1 is 1.47 bits per heavy atom. The maximum Gasteiger partial charge on any atom is 0.138 e. The van der Waals surface area contributed by atoms with E-state index in [-0.39, 0.29) is 0 Å². The standard InChI is InChI=1S/C11H16ClN3/c1-6(2)9-10(12)13-5-14-11(9)15-8-4-7(8)3/h5-8H,4H2,1-3H3,(H,13,14,15). The largest absolute Gasteiger partial charge is 0.367 e. The predicted molar refractivity (Wildman–Crippen MR) is 62.3 cm³/mol. The molecule has 3 nitrogen and oxygen atoms in total. The molecule has 1 fully saturated rings. The maximum atomic E-state index is 6.07. The number of halogens is 1. The first kappa shape index (κ1) is 10.7. The second-order valence-corrected chi connectivity index (χ2v) is 4.90. The molecule has 1 saturated carbocycles. The molecule has 2 unspecified atom stereocenters. The van der Waals surface area contributed by atoms with Crippen LogP contribution < -0.4 is 5.32 Å². The van der Waals surface area contributed by atoms with Gasteiger partial charge in [-0.25, -0.2) is 9.97 Å². The monoisotopic (exact) mass is 225 g/mol. The van der Waals surface area contributed by atoms with Crippen LogP contribution in [0.5, 0.6) is 0 Å². The van der Waals surface area contributed by atoms with Crippen LogP contribution in [0, 0.1) is 5.92 Å². The van der Waals surface area contributed by atoms with E-state index in [4.69, 9.17) is 11.6 Å². The van der Waals surface area contributed by atoms with Crippen LogP contribution in [0.1, 0.15) is 38.7 Å². The minimum Gasteiger partial charge on any atom is -0.367 e. The third-order valence-electron chi connectivity index (χ3n) is 2.84. The van der Waals surface area contributed by atoms with E-state index in [2.05, 4.69) is 36.1 Å². The first-order valence-corrected chi connectivity index (χ1v) is 5.74. The van der Waals surface area contributed by atoms with Crippen LogP contribution >= 0.6 is 11.6 Å². The number of aromatic nitrogens is 2. The molecule has 0 radical (unpaired) electrons. The molecule has 1 aliphatic carbocycles. The fraction of sp³-hybridized carbons (Fsp3) is 0.636. The zero-order valence-electron chi connectivity index (χ0n) is 9.29. The molecule has 0 aromatic carbocycles. The van der Waals surface area contributed by atoms with Crippen molar-refractivity contribution in [1.29, 1.82) is 0 Å². The van der Waals surface area contributed by atoms with Crippen LogP contribution in [0.25, 0.3) is 0 Å². The second-order valence-electron chi connectivity index (χ2n) is 4.55. The van der Waals surface area contributed by atoms with Crippen LogP contribution in [0.4, 0.5) is 5.82 Å². The van der Waals surface area contributed by atoms with Gasteiger partial charge in [0, 0.05) is 11.6 Å². The number of rotatable bonds is 3. The van der Waals surface area contributed by atoms with Crippen molar-refractivity contribution in [3.63, 3.8) is 0 Å². The van der Waals surface area contributed by atoms with Crippen molar-refractivity contribution in [2.45, 2.75) is 39.2 Å². The third kappa shape index (κ3) is 2.23. The van der Waals surface area contributed by atoms with E-state index < -0.39 is 0 Å². The highest BCUT2D eigenvalue weighted by molar-refractivity contribution is 6.30. The van der Waals surface area contributed by atoms with Crippen molar-refractivity contribution in [2.24, 2.45) is 5.92 Å². The number of hydrogen-bond donors (Lipinski definition) is 1.